The van der Waals surface area contributed by atoms with Gasteiger partial charge in [-0.05, 0) is 12.1 Å². The van der Waals surface area contributed by atoms with E-state index in [9.17, 15) is 9.90 Å². The predicted molar refractivity (Wildman–Crippen MR) is 71.4 cm³/mol. The van der Waals surface area contributed by atoms with Crippen LogP contribution in [-0.4, -0.2) is 24.9 Å². The molecule has 1 amide bonds. The van der Waals surface area contributed by atoms with Crippen LogP contribution in [0.5, 0.6) is 11.5 Å². The highest BCUT2D eigenvalue weighted by molar-refractivity contribution is 9.10. The third kappa shape index (κ3) is 3.00. The van der Waals surface area contributed by atoms with E-state index in [4.69, 9.17) is 9.47 Å². The molecule has 2 rings (SSSR count). The number of hydrogen-bond donors (Lipinski definition) is 2. The fraction of sp³-hybridized carbons (Fsp3) is 0.364. The largest absolute Gasteiger partial charge is 0.504 e. The second kappa shape index (κ2) is 6.15. The smallest absolute Gasteiger partial charge is 0.407 e. The summed E-state index contributed by atoms with van der Waals surface area (Å²) in [6.45, 7) is 0.338. The number of nitrogens with one attached hydrogen (secondary N) is 1. The Kier molecular flexibility index (Phi) is 5.10. The number of benzene rings is 1. The van der Waals surface area contributed by atoms with Gasteiger partial charge in [0.1, 0.15) is 0 Å². The number of alkyl carbamates (subject to hydrolysis) is 1. The lowest BCUT2D eigenvalue weighted by atomic mass is 10.0. The first-order valence-electron chi connectivity index (χ1n) is 5.11. The van der Waals surface area contributed by atoms with E-state index in [-0.39, 0.29) is 24.2 Å². The van der Waals surface area contributed by atoms with E-state index in [0.717, 1.165) is 4.47 Å². The molecule has 0 unspecified atom stereocenters. The number of ether oxygens (including phenoxy) is 2. The van der Waals surface area contributed by atoms with Crippen LogP contribution in [0.15, 0.2) is 16.6 Å². The molecule has 1 aromatic rings. The molecule has 0 aliphatic carbocycles. The molecule has 7 heteroatoms. The molecule has 0 bridgehead atoms. The molecule has 0 radical (unpaired) electrons. The van der Waals surface area contributed by atoms with Gasteiger partial charge in [-0.3, -0.25) is 0 Å². The van der Waals surface area contributed by atoms with Crippen LogP contribution < -0.4 is 10.1 Å². The third-order valence-corrected chi connectivity index (χ3v) is 3.05. The maximum atomic E-state index is 11.1. The van der Waals surface area contributed by atoms with Crippen molar-refractivity contribution in [3.63, 3.8) is 0 Å². The number of methoxy groups -OCH3 is 1. The molecule has 1 atom stereocenters. The Morgan fingerprint density at radius 1 is 1.56 bits per heavy atom. The molecule has 0 aromatic heterocycles. The van der Waals surface area contributed by atoms with E-state index in [0.29, 0.717) is 24.3 Å². The zero-order valence-electron chi connectivity index (χ0n) is 9.60. The molecule has 100 valence electrons. The van der Waals surface area contributed by atoms with Gasteiger partial charge in [0, 0.05) is 16.5 Å². The number of halogens is 2. The van der Waals surface area contributed by atoms with Crippen molar-refractivity contribution in [1.29, 1.82) is 0 Å². The minimum atomic E-state index is -0.473. The molecule has 0 saturated carbocycles. The molecule has 5 nitrogen and oxygen atoms in total. The Bertz CT molecular complexity index is 455. The Labute approximate surface area is 119 Å². The van der Waals surface area contributed by atoms with Crippen molar-refractivity contribution in [3.8, 4) is 11.5 Å². The molecule has 0 spiro atoms. The first-order chi connectivity index (χ1) is 8.11. The highest BCUT2D eigenvalue weighted by Gasteiger charge is 2.25. The number of cyclic esters (lactones) is 1. The van der Waals surface area contributed by atoms with Gasteiger partial charge in [-0.15, -0.1) is 12.4 Å². The summed E-state index contributed by atoms with van der Waals surface area (Å²) >= 11 is 3.33. The topological polar surface area (TPSA) is 67.8 Å². The number of aromatic hydroxyl groups is 1. The predicted octanol–water partition coefficient (Wildman–Crippen LogP) is 2.76. The molecular formula is C11H13BrClNO4. The third-order valence-electron chi connectivity index (χ3n) is 2.60. The van der Waals surface area contributed by atoms with Crippen molar-refractivity contribution < 1.29 is 19.4 Å². The average Bonchev–Trinajstić information content (AvgIpc) is 2.31. The second-order valence-electron chi connectivity index (χ2n) is 3.67. The summed E-state index contributed by atoms with van der Waals surface area (Å²) in [5.74, 6) is 0.415. The SMILES string of the molecule is COc1cc(Br)cc([C@H]2CCOC(=O)N2)c1O.Cl. The maximum Gasteiger partial charge on any atom is 0.407 e. The van der Waals surface area contributed by atoms with E-state index < -0.39 is 6.09 Å². The van der Waals surface area contributed by atoms with Gasteiger partial charge in [0.2, 0.25) is 0 Å². The highest BCUT2D eigenvalue weighted by Crippen LogP contribution is 2.38. The minimum absolute atomic E-state index is 0. The molecule has 18 heavy (non-hydrogen) atoms. The molecule has 1 heterocycles. The summed E-state index contributed by atoms with van der Waals surface area (Å²) in [7, 11) is 1.48. The summed E-state index contributed by atoms with van der Waals surface area (Å²) < 4.78 is 10.6. The van der Waals surface area contributed by atoms with Gasteiger partial charge in [-0.2, -0.15) is 0 Å². The fourth-order valence-electron chi connectivity index (χ4n) is 1.77. The van der Waals surface area contributed by atoms with E-state index in [1.54, 1.807) is 12.1 Å². The van der Waals surface area contributed by atoms with Gasteiger partial charge < -0.3 is 19.9 Å². The zero-order chi connectivity index (χ0) is 12.4. The van der Waals surface area contributed by atoms with Gasteiger partial charge in [0.05, 0.1) is 19.8 Å². The molecular weight excluding hydrogens is 325 g/mol. The number of phenolic OH excluding ortho intramolecular Hbond substituents is 1. The van der Waals surface area contributed by atoms with Crippen molar-refractivity contribution in [2.45, 2.75) is 12.5 Å². The first-order valence-corrected chi connectivity index (χ1v) is 5.91. The standard InChI is InChI=1S/C11H12BrNO4.ClH/c1-16-9-5-6(12)4-7(10(9)14)8-2-3-17-11(15)13-8;/h4-5,8,14H,2-3H2,1H3,(H,13,15);1H/t8-;/m1./s1. The lowest BCUT2D eigenvalue weighted by Crippen LogP contribution is -2.35. The summed E-state index contributed by atoms with van der Waals surface area (Å²) in [6, 6.07) is 3.16. The first kappa shape index (κ1) is 14.9. The summed E-state index contributed by atoms with van der Waals surface area (Å²) in [6.07, 6.45) is 0.137. The molecule has 2 N–H and O–H groups in total. The fourth-order valence-corrected chi connectivity index (χ4v) is 2.23. The van der Waals surface area contributed by atoms with Gasteiger partial charge in [0.25, 0.3) is 0 Å². The Balaban J connectivity index is 0.00000162. The van der Waals surface area contributed by atoms with Crippen molar-refractivity contribution in [2.24, 2.45) is 0 Å². The Hall–Kier alpha value is -1.14. The van der Waals surface area contributed by atoms with Crippen LogP contribution in [0.4, 0.5) is 4.79 Å². The molecule has 1 aliphatic heterocycles. The minimum Gasteiger partial charge on any atom is -0.504 e. The van der Waals surface area contributed by atoms with Crippen molar-refractivity contribution in [3.05, 3.63) is 22.2 Å². The Morgan fingerprint density at radius 2 is 2.28 bits per heavy atom. The van der Waals surface area contributed by atoms with Crippen LogP contribution in [-0.2, 0) is 4.74 Å². The van der Waals surface area contributed by atoms with Gasteiger partial charge in [-0.25, -0.2) is 4.79 Å². The summed E-state index contributed by atoms with van der Waals surface area (Å²) in [5, 5.41) is 12.7. The van der Waals surface area contributed by atoms with E-state index in [1.807, 2.05) is 0 Å². The molecule has 1 aromatic carbocycles. The number of hydrogen-bond acceptors (Lipinski definition) is 4. The van der Waals surface area contributed by atoms with Crippen LogP contribution in [0.3, 0.4) is 0 Å². The van der Waals surface area contributed by atoms with E-state index in [1.165, 1.54) is 7.11 Å². The van der Waals surface area contributed by atoms with Crippen LogP contribution >= 0.6 is 28.3 Å². The number of rotatable bonds is 2. The normalized spacial score (nSPS) is 18.3. The van der Waals surface area contributed by atoms with E-state index >= 15 is 0 Å². The monoisotopic (exact) mass is 337 g/mol. The molecule has 1 fully saturated rings. The van der Waals surface area contributed by atoms with Gasteiger partial charge >= 0.3 is 6.09 Å². The lowest BCUT2D eigenvalue weighted by molar-refractivity contribution is 0.115. The van der Waals surface area contributed by atoms with E-state index in [2.05, 4.69) is 21.2 Å². The quantitative estimate of drug-likeness (QED) is 0.870. The van der Waals surface area contributed by atoms with Crippen molar-refractivity contribution >= 4 is 34.4 Å². The van der Waals surface area contributed by atoms with Crippen LogP contribution in [0.25, 0.3) is 0 Å². The van der Waals surface area contributed by atoms with Gasteiger partial charge in [0.15, 0.2) is 11.5 Å². The second-order valence-corrected chi connectivity index (χ2v) is 4.58. The number of carbonyl (C=O) groups excluding carboxylic acids is 1. The number of amides is 1. The number of carbonyl (C=O) groups is 1. The highest BCUT2D eigenvalue weighted by atomic mass is 79.9. The molecule has 1 aliphatic rings. The van der Waals surface area contributed by atoms with Crippen molar-refractivity contribution in [1.82, 2.24) is 5.32 Å². The Morgan fingerprint density at radius 3 is 2.89 bits per heavy atom. The zero-order valence-corrected chi connectivity index (χ0v) is 12.0. The van der Waals surface area contributed by atoms with Crippen molar-refractivity contribution in [2.75, 3.05) is 13.7 Å². The van der Waals surface area contributed by atoms with Gasteiger partial charge in [-0.1, -0.05) is 15.9 Å². The van der Waals surface area contributed by atoms with Crippen LogP contribution in [0.2, 0.25) is 0 Å². The lowest BCUT2D eigenvalue weighted by Gasteiger charge is -2.25. The number of phenols is 1. The summed E-state index contributed by atoms with van der Waals surface area (Å²) in [5.41, 5.74) is 0.618. The van der Waals surface area contributed by atoms with Crippen LogP contribution in [0.1, 0.15) is 18.0 Å². The average molecular weight is 339 g/mol. The maximum absolute atomic E-state index is 11.1. The molecule has 1 saturated heterocycles. The summed E-state index contributed by atoms with van der Waals surface area (Å²) in [4.78, 5) is 11.1. The van der Waals surface area contributed by atoms with Crippen LogP contribution in [0, 0.1) is 0 Å².